The summed E-state index contributed by atoms with van der Waals surface area (Å²) in [5, 5.41) is 10.7. The maximum atomic E-state index is 14.5. The number of urea groups is 1. The molecule has 0 aromatic carbocycles. The minimum Gasteiger partial charge on any atom is -0.349 e. The third kappa shape index (κ3) is 9.10. The number of nitrogens with zero attached hydrogens (tertiary/aromatic N) is 1. The summed E-state index contributed by atoms with van der Waals surface area (Å²) in [6.07, 6.45) is 11.0. The molecule has 2 aliphatic heterocycles. The number of piperidine rings is 1. The second-order valence-corrected chi connectivity index (χ2v) is 20.3. The maximum absolute atomic E-state index is 14.5. The van der Waals surface area contributed by atoms with Crippen molar-refractivity contribution in [2.75, 3.05) is 13.1 Å². The van der Waals surface area contributed by atoms with Crippen LogP contribution in [0.3, 0.4) is 0 Å². The van der Waals surface area contributed by atoms with Gasteiger partial charge in [0.15, 0.2) is 9.84 Å². The highest BCUT2D eigenvalue weighted by atomic mass is 32.2. The molecule has 4 fully saturated rings. The predicted molar refractivity (Wildman–Crippen MR) is 197 cm³/mol. The van der Waals surface area contributed by atoms with Gasteiger partial charge in [0.1, 0.15) is 12.1 Å². The van der Waals surface area contributed by atoms with Crippen molar-refractivity contribution < 1.29 is 32.4 Å². The summed E-state index contributed by atoms with van der Waals surface area (Å²) < 4.78 is 26.3. The molecule has 0 radical (unpaired) electrons. The van der Waals surface area contributed by atoms with E-state index in [1.54, 1.807) is 32.6 Å². The molecule has 0 spiro atoms. The second-order valence-electron chi connectivity index (χ2n) is 17.3. The number of amides is 5. The monoisotopic (exact) mass is 735 g/mol. The highest BCUT2D eigenvalue weighted by Crippen LogP contribution is 2.65. The number of fused-ring (bicyclic) bond motifs is 3. The Balaban J connectivity index is 1.60. The van der Waals surface area contributed by atoms with Gasteiger partial charge in [-0.15, -0.1) is 0 Å². The number of hydrogen-bond acceptors (Lipinski definition) is 7. The number of carbonyl (C=O) groups excluding carboxylic acids is 5. The van der Waals surface area contributed by atoms with Crippen molar-refractivity contribution in [3.05, 3.63) is 0 Å². The molecule has 2 saturated carbocycles. The predicted octanol–water partition coefficient (Wildman–Crippen LogP) is 4.55. The molecule has 4 aliphatic rings. The molecule has 2 saturated heterocycles. The molecule has 12 nitrogen and oxygen atoms in total. The first-order chi connectivity index (χ1) is 23.9. The molecule has 5 amide bonds. The summed E-state index contributed by atoms with van der Waals surface area (Å²) in [6.45, 7) is 13.5. The van der Waals surface area contributed by atoms with Crippen molar-refractivity contribution in [1.82, 2.24) is 26.2 Å². The van der Waals surface area contributed by atoms with Crippen LogP contribution in [-0.4, -0.2) is 89.6 Å². The molecule has 13 heteroatoms. The molecule has 2 aliphatic carbocycles. The molecule has 0 bridgehead atoms. The highest BCUT2D eigenvalue weighted by Gasteiger charge is 2.69. The van der Waals surface area contributed by atoms with E-state index in [0.717, 1.165) is 51.4 Å². The van der Waals surface area contributed by atoms with Crippen LogP contribution in [0, 0.1) is 17.3 Å². The van der Waals surface area contributed by atoms with Gasteiger partial charge in [0.05, 0.1) is 21.6 Å². The van der Waals surface area contributed by atoms with Gasteiger partial charge in [0.25, 0.3) is 5.91 Å². The Bertz CT molecular complexity index is 1400. The van der Waals surface area contributed by atoms with E-state index < -0.39 is 67.1 Å². The van der Waals surface area contributed by atoms with Crippen LogP contribution >= 0.6 is 0 Å². The highest BCUT2D eigenvalue weighted by molar-refractivity contribution is 7.93. The van der Waals surface area contributed by atoms with Crippen LogP contribution in [-0.2, 0) is 29.0 Å². The van der Waals surface area contributed by atoms with E-state index >= 15 is 0 Å². The fraction of sp³-hybridized carbons (Fsp3) is 0.868. The van der Waals surface area contributed by atoms with Gasteiger partial charge in [-0.3, -0.25) is 19.2 Å². The van der Waals surface area contributed by atoms with Crippen molar-refractivity contribution >= 4 is 39.4 Å². The normalized spacial score (nSPS) is 29.5. The summed E-state index contributed by atoms with van der Waals surface area (Å²) >= 11 is 0. The van der Waals surface area contributed by atoms with Crippen molar-refractivity contribution in [3.8, 4) is 0 Å². The van der Waals surface area contributed by atoms with Crippen LogP contribution in [0.2, 0.25) is 0 Å². The third-order valence-corrected chi connectivity index (χ3v) is 15.5. The van der Waals surface area contributed by atoms with Crippen molar-refractivity contribution in [2.45, 2.75) is 178 Å². The Morgan fingerprint density at radius 1 is 0.922 bits per heavy atom. The molecule has 4 N–H and O–H groups in total. The number of sulfone groups is 1. The van der Waals surface area contributed by atoms with E-state index in [9.17, 15) is 32.4 Å². The number of ketones is 1. The van der Waals surface area contributed by atoms with Crippen LogP contribution in [0.4, 0.5) is 4.79 Å². The standard InChI is InChI=1S/C38H65N5O7S/c1-8-23-39-33(46)31(44)27-19-15-12-10-9-11-13-16-20-28(34(47)43-24-26-29(37(26,6)7)30(43)32(45)40-27)41-35(48)42-38(21-17-14-18-22-38)25(2)51(49,50)36(3,4)5/h25-30H,8-24H2,1-7H3,(H,39,46)(H,40,45)(H2,41,42,48)/t25-,26+,27+,28+,29+,30+/m1/s1. The topological polar surface area (TPSA) is 171 Å². The quantitative estimate of drug-likeness (QED) is 0.265. The van der Waals surface area contributed by atoms with E-state index in [1.165, 1.54) is 0 Å². The number of rotatable bonds is 8. The zero-order valence-electron chi connectivity index (χ0n) is 32.2. The summed E-state index contributed by atoms with van der Waals surface area (Å²) in [4.78, 5) is 70.2. The van der Waals surface area contributed by atoms with E-state index in [2.05, 4.69) is 35.1 Å². The molecular weight excluding hydrogens is 671 g/mol. The molecule has 0 unspecified atom stereocenters. The van der Waals surface area contributed by atoms with Gasteiger partial charge < -0.3 is 26.2 Å². The number of Topliss-reactive ketones (excluding diaryl/α,β-unsaturated/α-hetero) is 1. The van der Waals surface area contributed by atoms with Crippen LogP contribution in [0.25, 0.3) is 0 Å². The lowest BCUT2D eigenvalue weighted by atomic mass is 9.79. The fourth-order valence-corrected chi connectivity index (χ4v) is 10.9. The first-order valence-electron chi connectivity index (χ1n) is 19.6. The average Bonchev–Trinajstić information content (AvgIpc) is 3.37. The molecule has 2 heterocycles. The molecule has 290 valence electrons. The van der Waals surface area contributed by atoms with Gasteiger partial charge in [0, 0.05) is 13.1 Å². The average molecular weight is 736 g/mol. The largest absolute Gasteiger partial charge is 0.349 e. The van der Waals surface area contributed by atoms with Crippen LogP contribution in [0.5, 0.6) is 0 Å². The Morgan fingerprint density at radius 3 is 2.08 bits per heavy atom. The molecule has 4 rings (SSSR count). The van der Waals surface area contributed by atoms with Crippen molar-refractivity contribution in [3.63, 3.8) is 0 Å². The zero-order valence-corrected chi connectivity index (χ0v) is 33.0. The Hall–Kier alpha value is -2.70. The first-order valence-corrected chi connectivity index (χ1v) is 21.2. The van der Waals surface area contributed by atoms with Crippen LogP contribution < -0.4 is 21.3 Å². The molecule has 0 aromatic heterocycles. The smallest absolute Gasteiger partial charge is 0.315 e. The van der Waals surface area contributed by atoms with Gasteiger partial charge >= 0.3 is 6.03 Å². The minimum absolute atomic E-state index is 0.0877. The van der Waals surface area contributed by atoms with E-state index in [1.807, 2.05) is 6.92 Å². The van der Waals surface area contributed by atoms with E-state index in [-0.39, 0.29) is 23.2 Å². The molecule has 0 aromatic rings. The maximum Gasteiger partial charge on any atom is 0.315 e. The van der Waals surface area contributed by atoms with Gasteiger partial charge in [-0.05, 0) is 77.0 Å². The summed E-state index contributed by atoms with van der Waals surface area (Å²) in [5.74, 6) is -2.21. The van der Waals surface area contributed by atoms with Crippen LogP contribution in [0.15, 0.2) is 0 Å². The van der Waals surface area contributed by atoms with E-state index in [0.29, 0.717) is 58.0 Å². The van der Waals surface area contributed by atoms with Crippen molar-refractivity contribution in [2.24, 2.45) is 17.3 Å². The Kier molecular flexibility index (Phi) is 13.3. The fourth-order valence-electron chi connectivity index (χ4n) is 8.92. The first kappa shape index (κ1) is 41.1. The van der Waals surface area contributed by atoms with E-state index in [4.69, 9.17) is 0 Å². The number of hydrogen-bond donors (Lipinski definition) is 4. The lowest BCUT2D eigenvalue weighted by Gasteiger charge is -2.44. The number of nitrogens with one attached hydrogen (secondary N) is 4. The lowest BCUT2D eigenvalue weighted by Crippen LogP contribution is -2.64. The van der Waals surface area contributed by atoms with Gasteiger partial charge in [-0.1, -0.05) is 85.0 Å². The Morgan fingerprint density at radius 2 is 1.49 bits per heavy atom. The van der Waals surface area contributed by atoms with Gasteiger partial charge in [0.2, 0.25) is 17.6 Å². The Labute approximate surface area is 306 Å². The molecule has 51 heavy (non-hydrogen) atoms. The summed E-state index contributed by atoms with van der Waals surface area (Å²) in [7, 11) is -3.63. The summed E-state index contributed by atoms with van der Waals surface area (Å²) in [5.41, 5.74) is -1.15. The van der Waals surface area contributed by atoms with Gasteiger partial charge in [-0.25, -0.2) is 13.2 Å². The SMILES string of the molecule is CCCNC(=O)C(=O)[C@@H]1CCCCCCCCC[C@H](NC(=O)NC2([C@@H](C)S(=O)(=O)C(C)(C)C)CCCCC2)C(=O)N2C[C@H]3[C@@H]([C@H]2C(=O)N1)C3(C)C. The minimum atomic E-state index is -3.63. The van der Waals surface area contributed by atoms with Crippen LogP contribution in [0.1, 0.15) is 145 Å². The van der Waals surface area contributed by atoms with Crippen molar-refractivity contribution in [1.29, 1.82) is 0 Å². The molecular formula is C38H65N5O7S. The summed E-state index contributed by atoms with van der Waals surface area (Å²) in [6, 6.07) is -3.32. The second kappa shape index (κ2) is 16.5. The zero-order chi connectivity index (χ0) is 37.8. The number of carbonyl (C=O) groups is 5. The third-order valence-electron chi connectivity index (χ3n) is 12.4. The molecule has 6 atom stereocenters. The lowest BCUT2D eigenvalue weighted by molar-refractivity contribution is -0.144. The van der Waals surface area contributed by atoms with Gasteiger partial charge in [-0.2, -0.15) is 0 Å².